The maximum Gasteiger partial charge on any atom is 0.181 e. The van der Waals surface area contributed by atoms with Crippen molar-refractivity contribution in [3.8, 4) is 0 Å². The maximum absolute atomic E-state index is 11.5. The van der Waals surface area contributed by atoms with E-state index in [-0.39, 0.29) is 5.78 Å². The van der Waals surface area contributed by atoms with Gasteiger partial charge in [0.05, 0.1) is 6.04 Å². The van der Waals surface area contributed by atoms with E-state index in [0.717, 1.165) is 5.52 Å². The number of nitrogens with zero attached hydrogens (tertiary/aromatic N) is 1. The number of benzene rings is 1. The van der Waals surface area contributed by atoms with Crippen LogP contribution in [0.2, 0.25) is 0 Å². The van der Waals surface area contributed by atoms with Crippen molar-refractivity contribution >= 4 is 16.9 Å². The first-order valence-electron chi connectivity index (χ1n) is 4.31. The third-order valence-electron chi connectivity index (χ3n) is 2.03. The summed E-state index contributed by atoms with van der Waals surface area (Å²) >= 11 is 0. The van der Waals surface area contributed by atoms with Crippen molar-refractivity contribution in [1.82, 2.24) is 4.98 Å². The molecule has 0 aliphatic carbocycles. The van der Waals surface area contributed by atoms with E-state index in [1.165, 1.54) is 6.39 Å². The SMILES string of the molecule is CC(N)C(=O)c1ccc2ncoc2c1. The second kappa shape index (κ2) is 3.23. The van der Waals surface area contributed by atoms with E-state index in [9.17, 15) is 4.79 Å². The first-order valence-corrected chi connectivity index (χ1v) is 4.31. The van der Waals surface area contributed by atoms with Crippen LogP contribution in [0.25, 0.3) is 11.1 Å². The zero-order valence-corrected chi connectivity index (χ0v) is 7.73. The first-order chi connectivity index (χ1) is 6.68. The van der Waals surface area contributed by atoms with Crippen LogP contribution in [0, 0.1) is 0 Å². The lowest BCUT2D eigenvalue weighted by Gasteiger charge is -2.02. The number of oxazole rings is 1. The summed E-state index contributed by atoms with van der Waals surface area (Å²) in [5.74, 6) is -0.0942. The van der Waals surface area contributed by atoms with Gasteiger partial charge < -0.3 is 10.2 Å². The monoisotopic (exact) mass is 190 g/mol. The van der Waals surface area contributed by atoms with Gasteiger partial charge in [-0.15, -0.1) is 0 Å². The van der Waals surface area contributed by atoms with Crippen LogP contribution >= 0.6 is 0 Å². The highest BCUT2D eigenvalue weighted by Gasteiger charge is 2.11. The second-order valence-corrected chi connectivity index (χ2v) is 3.19. The largest absolute Gasteiger partial charge is 0.443 e. The average molecular weight is 190 g/mol. The molecule has 0 spiro atoms. The summed E-state index contributed by atoms with van der Waals surface area (Å²) in [6.07, 6.45) is 1.35. The molecule has 0 aliphatic heterocycles. The topological polar surface area (TPSA) is 69.1 Å². The van der Waals surface area contributed by atoms with Crippen LogP contribution in [-0.2, 0) is 0 Å². The quantitative estimate of drug-likeness (QED) is 0.726. The van der Waals surface area contributed by atoms with Crippen molar-refractivity contribution in [2.24, 2.45) is 5.73 Å². The molecule has 2 aromatic rings. The molecule has 0 saturated carbocycles. The number of Topliss-reactive ketones (excluding diaryl/α,β-unsaturated/α-hetero) is 1. The van der Waals surface area contributed by atoms with Gasteiger partial charge in [0.2, 0.25) is 0 Å². The number of fused-ring (bicyclic) bond motifs is 1. The number of aromatic nitrogens is 1. The Morgan fingerprint density at radius 1 is 1.57 bits per heavy atom. The Morgan fingerprint density at radius 2 is 2.36 bits per heavy atom. The van der Waals surface area contributed by atoms with Gasteiger partial charge in [-0.3, -0.25) is 4.79 Å². The second-order valence-electron chi connectivity index (χ2n) is 3.19. The zero-order chi connectivity index (χ0) is 10.1. The predicted octanol–water partition coefficient (Wildman–Crippen LogP) is 1.36. The van der Waals surface area contributed by atoms with Crippen LogP contribution in [0.5, 0.6) is 0 Å². The average Bonchev–Trinajstić information content (AvgIpc) is 2.62. The van der Waals surface area contributed by atoms with Gasteiger partial charge in [0.1, 0.15) is 5.52 Å². The van der Waals surface area contributed by atoms with E-state index in [1.54, 1.807) is 25.1 Å². The summed E-state index contributed by atoms with van der Waals surface area (Å²) in [7, 11) is 0. The summed E-state index contributed by atoms with van der Waals surface area (Å²) in [6, 6.07) is 4.62. The zero-order valence-electron chi connectivity index (χ0n) is 7.73. The molecule has 1 heterocycles. The molecule has 1 aromatic carbocycles. The van der Waals surface area contributed by atoms with E-state index in [1.807, 2.05) is 0 Å². The summed E-state index contributed by atoms with van der Waals surface area (Å²) in [6.45, 7) is 1.66. The number of rotatable bonds is 2. The molecule has 1 aromatic heterocycles. The third kappa shape index (κ3) is 1.40. The Balaban J connectivity index is 2.48. The molecule has 0 radical (unpaired) electrons. The van der Waals surface area contributed by atoms with Gasteiger partial charge >= 0.3 is 0 Å². The van der Waals surface area contributed by atoms with Crippen molar-refractivity contribution in [2.75, 3.05) is 0 Å². The first kappa shape index (κ1) is 8.90. The van der Waals surface area contributed by atoms with Gasteiger partial charge in [-0.2, -0.15) is 0 Å². The van der Waals surface area contributed by atoms with Crippen LogP contribution in [-0.4, -0.2) is 16.8 Å². The fourth-order valence-corrected chi connectivity index (χ4v) is 1.27. The number of carbonyl (C=O) groups excluding carboxylic acids is 1. The summed E-state index contributed by atoms with van der Waals surface area (Å²) in [5.41, 5.74) is 7.40. The van der Waals surface area contributed by atoms with Crippen molar-refractivity contribution in [3.05, 3.63) is 30.2 Å². The minimum absolute atomic E-state index is 0.0942. The Morgan fingerprint density at radius 3 is 3.07 bits per heavy atom. The van der Waals surface area contributed by atoms with E-state index >= 15 is 0 Å². The van der Waals surface area contributed by atoms with Crippen LogP contribution in [0.15, 0.2) is 29.0 Å². The van der Waals surface area contributed by atoms with Crippen LogP contribution in [0.3, 0.4) is 0 Å². The molecule has 4 nitrogen and oxygen atoms in total. The van der Waals surface area contributed by atoms with Crippen molar-refractivity contribution < 1.29 is 9.21 Å². The van der Waals surface area contributed by atoms with Crippen molar-refractivity contribution in [1.29, 1.82) is 0 Å². The predicted molar refractivity (Wildman–Crippen MR) is 52.0 cm³/mol. The van der Waals surface area contributed by atoms with Crippen molar-refractivity contribution in [3.63, 3.8) is 0 Å². The molecule has 0 aliphatic rings. The third-order valence-corrected chi connectivity index (χ3v) is 2.03. The van der Waals surface area contributed by atoms with Crippen LogP contribution < -0.4 is 5.73 Å². The standard InChI is InChI=1S/C10H10N2O2/c1-6(11)10(13)7-2-3-8-9(4-7)14-5-12-8/h2-6H,11H2,1H3. The Bertz CT molecular complexity index is 474. The molecular formula is C10H10N2O2. The Hall–Kier alpha value is -1.68. The van der Waals surface area contributed by atoms with Gasteiger partial charge in [-0.1, -0.05) is 0 Å². The molecule has 4 heteroatoms. The highest BCUT2D eigenvalue weighted by Crippen LogP contribution is 2.15. The summed E-state index contributed by atoms with van der Waals surface area (Å²) < 4.78 is 5.08. The summed E-state index contributed by atoms with van der Waals surface area (Å²) in [5, 5.41) is 0. The van der Waals surface area contributed by atoms with Gasteiger partial charge in [0.25, 0.3) is 0 Å². The molecule has 0 amide bonds. The van der Waals surface area contributed by atoms with Gasteiger partial charge in [-0.25, -0.2) is 4.98 Å². The number of nitrogens with two attached hydrogens (primary N) is 1. The normalized spacial score (nSPS) is 13.0. The highest BCUT2D eigenvalue weighted by atomic mass is 16.3. The van der Waals surface area contributed by atoms with Crippen LogP contribution in [0.1, 0.15) is 17.3 Å². The molecule has 2 rings (SSSR count). The van der Waals surface area contributed by atoms with E-state index in [2.05, 4.69) is 4.98 Å². The number of hydrogen-bond donors (Lipinski definition) is 1. The maximum atomic E-state index is 11.5. The minimum atomic E-state index is -0.490. The van der Waals surface area contributed by atoms with Crippen LogP contribution in [0.4, 0.5) is 0 Å². The van der Waals surface area contributed by atoms with Gasteiger partial charge in [0, 0.05) is 5.56 Å². The van der Waals surface area contributed by atoms with Gasteiger partial charge in [0.15, 0.2) is 17.8 Å². The van der Waals surface area contributed by atoms with Gasteiger partial charge in [-0.05, 0) is 25.1 Å². The van der Waals surface area contributed by atoms with E-state index in [4.69, 9.17) is 10.2 Å². The molecule has 2 N–H and O–H groups in total. The van der Waals surface area contributed by atoms with E-state index in [0.29, 0.717) is 11.1 Å². The number of ketones is 1. The number of hydrogen-bond acceptors (Lipinski definition) is 4. The molecule has 1 unspecified atom stereocenters. The molecule has 0 fully saturated rings. The lowest BCUT2D eigenvalue weighted by molar-refractivity contribution is 0.0968. The number of carbonyl (C=O) groups is 1. The fourth-order valence-electron chi connectivity index (χ4n) is 1.27. The molecule has 0 saturated heterocycles. The van der Waals surface area contributed by atoms with E-state index < -0.39 is 6.04 Å². The Kier molecular flexibility index (Phi) is 2.05. The fraction of sp³-hybridized carbons (Fsp3) is 0.200. The highest BCUT2D eigenvalue weighted by molar-refractivity contribution is 6.01. The van der Waals surface area contributed by atoms with Crippen molar-refractivity contribution in [2.45, 2.75) is 13.0 Å². The Labute approximate surface area is 80.7 Å². The molecule has 14 heavy (non-hydrogen) atoms. The molecule has 1 atom stereocenters. The lowest BCUT2D eigenvalue weighted by atomic mass is 10.1. The molecule has 0 bridgehead atoms. The smallest absolute Gasteiger partial charge is 0.181 e. The lowest BCUT2D eigenvalue weighted by Crippen LogP contribution is -2.26. The minimum Gasteiger partial charge on any atom is -0.443 e. The molecule has 72 valence electrons. The molecular weight excluding hydrogens is 180 g/mol. The summed E-state index contributed by atoms with van der Waals surface area (Å²) in [4.78, 5) is 15.5.